The molecule has 0 aliphatic carbocycles. The highest BCUT2D eigenvalue weighted by atomic mass is 32.2. The number of sulfonamides is 1. The molecule has 9 nitrogen and oxygen atoms in total. The quantitative estimate of drug-likeness (QED) is 0.454. The van der Waals surface area contributed by atoms with E-state index < -0.39 is 21.8 Å². The van der Waals surface area contributed by atoms with Gasteiger partial charge < -0.3 is 15.5 Å². The van der Waals surface area contributed by atoms with Crippen LogP contribution in [-0.4, -0.2) is 65.4 Å². The largest absolute Gasteiger partial charge is 0.378 e. The molecule has 2 aromatic rings. The third-order valence-corrected chi connectivity index (χ3v) is 6.92. The van der Waals surface area contributed by atoms with Gasteiger partial charge in [0.1, 0.15) is 0 Å². The van der Waals surface area contributed by atoms with Gasteiger partial charge in [-0.05, 0) is 67.7 Å². The van der Waals surface area contributed by atoms with Crippen molar-refractivity contribution in [1.29, 1.82) is 0 Å². The Balaban J connectivity index is 1.51. The number of hydrogen-bond donors (Lipinski definition) is 3. The Labute approximate surface area is 201 Å². The topological polar surface area (TPSA) is 125 Å². The van der Waals surface area contributed by atoms with Crippen molar-refractivity contribution in [2.24, 2.45) is 5.14 Å². The summed E-state index contributed by atoms with van der Waals surface area (Å²) in [4.78, 5) is 29.1. The summed E-state index contributed by atoms with van der Waals surface area (Å²) in [6, 6.07) is 14.4. The predicted molar refractivity (Wildman–Crippen MR) is 132 cm³/mol. The molecule has 3 rings (SSSR count). The SMILES string of the molecule is CN(C)c1ccc(C(CNC(=O)C(=O)NCCc2ccc(S(N)(=O)=O)cc2)N2CCCC2)cc1. The number of likely N-dealkylation sites (tertiary alicyclic amines) is 1. The molecular weight excluding hydrogens is 454 g/mol. The molecule has 1 unspecified atom stereocenters. The molecule has 0 bridgehead atoms. The molecule has 0 saturated carbocycles. The van der Waals surface area contributed by atoms with Crippen LogP contribution < -0.4 is 20.7 Å². The number of primary sulfonamides is 1. The van der Waals surface area contributed by atoms with E-state index in [1.54, 1.807) is 12.1 Å². The average molecular weight is 488 g/mol. The van der Waals surface area contributed by atoms with Gasteiger partial charge in [-0.15, -0.1) is 0 Å². The first kappa shape index (κ1) is 25.7. The molecule has 0 spiro atoms. The third kappa shape index (κ3) is 7.02. The number of rotatable bonds is 9. The summed E-state index contributed by atoms with van der Waals surface area (Å²) < 4.78 is 22.6. The minimum absolute atomic E-state index is 0.00722. The van der Waals surface area contributed by atoms with E-state index in [1.165, 1.54) is 12.1 Å². The van der Waals surface area contributed by atoms with Gasteiger partial charge in [0.05, 0.1) is 10.9 Å². The molecule has 1 heterocycles. The second-order valence-corrected chi connectivity index (χ2v) is 10.2. The first-order valence-corrected chi connectivity index (χ1v) is 12.9. The number of carbonyl (C=O) groups excluding carboxylic acids is 2. The number of amides is 2. The van der Waals surface area contributed by atoms with Crippen molar-refractivity contribution in [3.8, 4) is 0 Å². The molecule has 1 saturated heterocycles. The summed E-state index contributed by atoms with van der Waals surface area (Å²) in [5, 5.41) is 10.5. The summed E-state index contributed by atoms with van der Waals surface area (Å²) in [6.07, 6.45) is 2.70. The number of benzene rings is 2. The van der Waals surface area contributed by atoms with Crippen LogP contribution >= 0.6 is 0 Å². The Morgan fingerprint density at radius 2 is 1.56 bits per heavy atom. The van der Waals surface area contributed by atoms with Crippen LogP contribution in [0.3, 0.4) is 0 Å². The van der Waals surface area contributed by atoms with Crippen molar-refractivity contribution in [3.63, 3.8) is 0 Å². The van der Waals surface area contributed by atoms with Gasteiger partial charge in [-0.2, -0.15) is 0 Å². The van der Waals surface area contributed by atoms with E-state index in [2.05, 4.69) is 39.8 Å². The molecule has 1 fully saturated rings. The van der Waals surface area contributed by atoms with Crippen LogP contribution in [0.2, 0.25) is 0 Å². The maximum absolute atomic E-state index is 12.4. The molecule has 2 amide bonds. The van der Waals surface area contributed by atoms with Crippen LogP contribution in [0.4, 0.5) is 5.69 Å². The maximum atomic E-state index is 12.4. The second-order valence-electron chi connectivity index (χ2n) is 8.65. The van der Waals surface area contributed by atoms with E-state index in [0.29, 0.717) is 13.0 Å². The number of nitrogens with zero attached hydrogens (tertiary/aromatic N) is 2. The first-order valence-electron chi connectivity index (χ1n) is 11.3. The van der Waals surface area contributed by atoms with Crippen molar-refractivity contribution >= 4 is 27.5 Å². The Morgan fingerprint density at radius 1 is 0.971 bits per heavy atom. The Morgan fingerprint density at radius 3 is 2.12 bits per heavy atom. The van der Waals surface area contributed by atoms with Gasteiger partial charge in [-0.1, -0.05) is 24.3 Å². The van der Waals surface area contributed by atoms with Crippen molar-refractivity contribution in [3.05, 3.63) is 59.7 Å². The molecule has 1 atom stereocenters. The van der Waals surface area contributed by atoms with Crippen LogP contribution in [0.25, 0.3) is 0 Å². The zero-order valence-corrected chi connectivity index (χ0v) is 20.5. The van der Waals surface area contributed by atoms with Crippen molar-refractivity contribution < 1.29 is 18.0 Å². The molecule has 4 N–H and O–H groups in total. The maximum Gasteiger partial charge on any atom is 0.309 e. The summed E-state index contributed by atoms with van der Waals surface area (Å²) in [6.45, 7) is 2.53. The standard InChI is InChI=1S/C24H33N5O4S/c1-28(2)20-9-7-19(8-10-20)22(29-15-3-4-16-29)17-27-24(31)23(30)26-14-13-18-5-11-21(12-6-18)34(25,32)33/h5-12,22H,3-4,13-17H2,1-2H3,(H,26,30)(H,27,31)(H2,25,32,33). The Bertz CT molecular complexity index is 1080. The van der Waals surface area contributed by atoms with Gasteiger partial charge in [-0.3, -0.25) is 14.5 Å². The molecule has 0 aromatic heterocycles. The Kier molecular flexibility index (Phi) is 8.65. The molecule has 2 aromatic carbocycles. The second kappa shape index (κ2) is 11.5. The summed E-state index contributed by atoms with van der Waals surface area (Å²) in [7, 11) is 0.244. The molecule has 1 aliphatic rings. The third-order valence-electron chi connectivity index (χ3n) is 5.99. The number of nitrogens with one attached hydrogen (secondary N) is 2. The van der Waals surface area contributed by atoms with Crippen LogP contribution in [0.15, 0.2) is 53.4 Å². The summed E-state index contributed by atoms with van der Waals surface area (Å²) in [5.41, 5.74) is 3.03. The lowest BCUT2D eigenvalue weighted by atomic mass is 10.0. The lowest BCUT2D eigenvalue weighted by molar-refractivity contribution is -0.139. The van der Waals surface area contributed by atoms with Gasteiger partial charge in [-0.25, -0.2) is 13.6 Å². The molecule has 184 valence electrons. The minimum Gasteiger partial charge on any atom is -0.378 e. The van der Waals surface area contributed by atoms with Crippen molar-refractivity contribution in [2.45, 2.75) is 30.2 Å². The zero-order chi connectivity index (χ0) is 24.7. The van der Waals surface area contributed by atoms with Gasteiger partial charge in [0.15, 0.2) is 0 Å². The smallest absolute Gasteiger partial charge is 0.309 e. The van der Waals surface area contributed by atoms with E-state index in [1.807, 2.05) is 19.0 Å². The normalized spacial score (nSPS) is 15.0. The monoisotopic (exact) mass is 487 g/mol. The molecule has 0 radical (unpaired) electrons. The number of hydrogen-bond acceptors (Lipinski definition) is 6. The number of nitrogens with two attached hydrogens (primary N) is 1. The van der Waals surface area contributed by atoms with Crippen molar-refractivity contribution in [2.75, 3.05) is 45.2 Å². The Hall–Kier alpha value is -2.95. The van der Waals surface area contributed by atoms with Crippen LogP contribution in [-0.2, 0) is 26.0 Å². The highest BCUT2D eigenvalue weighted by Crippen LogP contribution is 2.26. The van der Waals surface area contributed by atoms with Gasteiger partial charge in [0, 0.05) is 32.9 Å². The van der Waals surface area contributed by atoms with E-state index in [-0.39, 0.29) is 17.5 Å². The fraction of sp³-hybridized carbons (Fsp3) is 0.417. The van der Waals surface area contributed by atoms with E-state index in [4.69, 9.17) is 5.14 Å². The molecular formula is C24H33N5O4S. The molecule has 1 aliphatic heterocycles. The molecule has 34 heavy (non-hydrogen) atoms. The number of anilines is 1. The molecule has 10 heteroatoms. The summed E-state index contributed by atoms with van der Waals surface area (Å²) in [5.74, 6) is -1.36. The van der Waals surface area contributed by atoms with Crippen LogP contribution in [0.1, 0.15) is 30.0 Å². The lowest BCUT2D eigenvalue weighted by Gasteiger charge is -2.28. The first-order chi connectivity index (χ1) is 16.1. The minimum atomic E-state index is -3.74. The summed E-state index contributed by atoms with van der Waals surface area (Å²) >= 11 is 0. The van der Waals surface area contributed by atoms with Gasteiger partial charge in [0.25, 0.3) is 0 Å². The van der Waals surface area contributed by atoms with Gasteiger partial charge in [0.2, 0.25) is 10.0 Å². The van der Waals surface area contributed by atoms with Gasteiger partial charge >= 0.3 is 11.8 Å². The van der Waals surface area contributed by atoms with E-state index in [0.717, 1.165) is 42.7 Å². The number of carbonyl (C=O) groups is 2. The predicted octanol–water partition coefficient (Wildman–Crippen LogP) is 1.01. The lowest BCUT2D eigenvalue weighted by Crippen LogP contribution is -2.44. The van der Waals surface area contributed by atoms with E-state index in [9.17, 15) is 18.0 Å². The van der Waals surface area contributed by atoms with Crippen LogP contribution in [0, 0.1) is 0 Å². The highest BCUT2D eigenvalue weighted by Gasteiger charge is 2.25. The fourth-order valence-corrected chi connectivity index (χ4v) is 4.54. The fourth-order valence-electron chi connectivity index (χ4n) is 4.02. The highest BCUT2D eigenvalue weighted by molar-refractivity contribution is 7.89. The van der Waals surface area contributed by atoms with E-state index >= 15 is 0 Å². The average Bonchev–Trinajstić information content (AvgIpc) is 3.33. The van der Waals surface area contributed by atoms with Crippen LogP contribution in [0.5, 0.6) is 0 Å². The zero-order valence-electron chi connectivity index (χ0n) is 19.7. The van der Waals surface area contributed by atoms with Crippen molar-refractivity contribution in [1.82, 2.24) is 15.5 Å².